The monoisotopic (exact) mass is 375 g/mol. The van der Waals surface area contributed by atoms with Crippen LogP contribution in [-0.2, 0) is 4.74 Å². The third-order valence-electron chi connectivity index (χ3n) is 4.36. The predicted molar refractivity (Wildman–Crippen MR) is 91.6 cm³/mol. The molecule has 1 fully saturated rings. The zero-order valence-corrected chi connectivity index (χ0v) is 14.8. The summed E-state index contributed by atoms with van der Waals surface area (Å²) in [5, 5.41) is 18.6. The molecular weight excluding hydrogens is 351 g/mol. The maximum atomic E-state index is 13.0. The standard InChI is InChI=1S/C16H24F3N5O2/c1-8(24-14(21-2)11(6-20)16(17,18)19)23-12-5-4-9-10(13(12)26-3)7-22-15(9)25/h4-6,8-10,15,22-23,25H,7,20H2,1-3H3,(H,21,24)/b11-6+. The topological polar surface area (TPSA) is 104 Å². The van der Waals surface area contributed by atoms with Crippen molar-refractivity contribution in [1.82, 2.24) is 16.0 Å². The summed E-state index contributed by atoms with van der Waals surface area (Å²) in [5.41, 5.74) is 4.70. The summed E-state index contributed by atoms with van der Waals surface area (Å²) in [5.74, 6) is 0.109. The average molecular weight is 375 g/mol. The molecule has 0 amide bonds. The summed E-state index contributed by atoms with van der Waals surface area (Å²) in [6.07, 6.45) is -1.77. The van der Waals surface area contributed by atoms with Gasteiger partial charge in [0, 0.05) is 31.6 Å². The van der Waals surface area contributed by atoms with E-state index in [9.17, 15) is 18.3 Å². The molecule has 1 saturated heterocycles. The minimum Gasteiger partial charge on any atom is -0.499 e. The van der Waals surface area contributed by atoms with Gasteiger partial charge >= 0.3 is 6.18 Å². The van der Waals surface area contributed by atoms with Crippen molar-refractivity contribution in [2.24, 2.45) is 22.6 Å². The maximum absolute atomic E-state index is 13.0. The smallest absolute Gasteiger partial charge is 0.421 e. The van der Waals surface area contributed by atoms with Crippen LogP contribution >= 0.6 is 0 Å². The van der Waals surface area contributed by atoms with Crippen LogP contribution in [0.4, 0.5) is 13.2 Å². The second-order valence-corrected chi connectivity index (χ2v) is 6.04. The molecule has 10 heteroatoms. The molecular formula is C16H24F3N5O2. The lowest BCUT2D eigenvalue weighted by molar-refractivity contribution is -0.0865. The number of nitrogens with one attached hydrogen (secondary N) is 3. The van der Waals surface area contributed by atoms with E-state index in [1.165, 1.54) is 14.2 Å². The van der Waals surface area contributed by atoms with Crippen molar-refractivity contribution in [2.45, 2.75) is 25.5 Å². The van der Waals surface area contributed by atoms with Crippen LogP contribution in [0.25, 0.3) is 0 Å². The lowest BCUT2D eigenvalue weighted by Gasteiger charge is -2.29. The molecule has 0 saturated carbocycles. The van der Waals surface area contributed by atoms with Crippen molar-refractivity contribution < 1.29 is 23.0 Å². The highest BCUT2D eigenvalue weighted by molar-refractivity contribution is 5.99. The molecule has 1 heterocycles. The van der Waals surface area contributed by atoms with Gasteiger partial charge in [0.25, 0.3) is 0 Å². The van der Waals surface area contributed by atoms with Crippen molar-refractivity contribution >= 4 is 5.84 Å². The molecule has 4 atom stereocenters. The Morgan fingerprint density at radius 1 is 1.54 bits per heavy atom. The van der Waals surface area contributed by atoms with E-state index in [1.54, 1.807) is 13.0 Å². The third kappa shape index (κ3) is 4.13. The van der Waals surface area contributed by atoms with Gasteiger partial charge in [-0.1, -0.05) is 6.08 Å². The minimum absolute atomic E-state index is 0.0521. The molecule has 6 N–H and O–H groups in total. The number of amidine groups is 1. The molecule has 146 valence electrons. The Labute approximate surface area is 149 Å². The van der Waals surface area contributed by atoms with E-state index >= 15 is 0 Å². The Kier molecular flexibility index (Phi) is 6.19. The van der Waals surface area contributed by atoms with E-state index in [1.807, 2.05) is 6.08 Å². The molecule has 1 aliphatic heterocycles. The second-order valence-electron chi connectivity index (χ2n) is 6.04. The number of aliphatic hydroxyl groups is 1. The van der Waals surface area contributed by atoms with E-state index in [0.29, 0.717) is 24.2 Å². The minimum atomic E-state index is -4.61. The van der Waals surface area contributed by atoms with Crippen LogP contribution in [0.1, 0.15) is 6.92 Å². The van der Waals surface area contributed by atoms with Crippen molar-refractivity contribution in [3.63, 3.8) is 0 Å². The fourth-order valence-electron chi connectivity index (χ4n) is 3.16. The summed E-state index contributed by atoms with van der Waals surface area (Å²) in [6, 6.07) is 0. The maximum Gasteiger partial charge on any atom is 0.421 e. The summed E-state index contributed by atoms with van der Waals surface area (Å²) in [4.78, 5) is 3.65. The molecule has 4 unspecified atom stereocenters. The highest BCUT2D eigenvalue weighted by Gasteiger charge is 2.40. The van der Waals surface area contributed by atoms with E-state index in [2.05, 4.69) is 20.9 Å². The molecule has 2 aliphatic rings. The van der Waals surface area contributed by atoms with Crippen LogP contribution < -0.4 is 21.7 Å². The number of methoxy groups -OCH3 is 1. The highest BCUT2D eigenvalue weighted by atomic mass is 19.4. The summed E-state index contributed by atoms with van der Waals surface area (Å²) < 4.78 is 44.5. The Balaban J connectivity index is 2.12. The van der Waals surface area contributed by atoms with Gasteiger partial charge in [-0.3, -0.25) is 10.3 Å². The van der Waals surface area contributed by atoms with Crippen molar-refractivity contribution in [2.75, 3.05) is 20.7 Å². The summed E-state index contributed by atoms with van der Waals surface area (Å²) in [7, 11) is 2.77. The average Bonchev–Trinajstić information content (AvgIpc) is 2.94. The molecule has 7 nitrogen and oxygen atoms in total. The van der Waals surface area contributed by atoms with Crippen molar-refractivity contribution in [1.29, 1.82) is 0 Å². The molecule has 26 heavy (non-hydrogen) atoms. The quantitative estimate of drug-likeness (QED) is 0.273. The zero-order chi connectivity index (χ0) is 19.5. The zero-order valence-electron chi connectivity index (χ0n) is 14.8. The highest BCUT2D eigenvalue weighted by Crippen LogP contribution is 2.34. The molecule has 2 rings (SSSR count). The molecule has 0 aromatic carbocycles. The summed E-state index contributed by atoms with van der Waals surface area (Å²) >= 11 is 0. The number of halogens is 3. The van der Waals surface area contributed by atoms with Gasteiger partial charge in [0.15, 0.2) is 0 Å². The van der Waals surface area contributed by atoms with Gasteiger partial charge in [-0.2, -0.15) is 13.2 Å². The molecule has 0 spiro atoms. The number of hydrogen-bond donors (Lipinski definition) is 5. The van der Waals surface area contributed by atoms with E-state index < -0.39 is 24.1 Å². The Bertz CT molecular complexity index is 642. The molecule has 0 radical (unpaired) electrons. The molecule has 0 bridgehead atoms. The second kappa shape index (κ2) is 8.00. The first-order chi connectivity index (χ1) is 12.2. The first-order valence-electron chi connectivity index (χ1n) is 8.10. The normalized spacial score (nSPS) is 28.0. The van der Waals surface area contributed by atoms with E-state index in [0.717, 1.165) is 0 Å². The first-order valence-corrected chi connectivity index (χ1v) is 8.10. The van der Waals surface area contributed by atoms with Crippen LogP contribution in [-0.4, -0.2) is 50.2 Å². The van der Waals surface area contributed by atoms with Crippen LogP contribution in [0.15, 0.2) is 40.4 Å². The largest absolute Gasteiger partial charge is 0.499 e. The fraction of sp³-hybridized carbons (Fsp3) is 0.562. The lowest BCUT2D eigenvalue weighted by Crippen LogP contribution is -2.46. The number of aliphatic imine (C=N–C) groups is 1. The first kappa shape index (κ1) is 20.1. The van der Waals surface area contributed by atoms with E-state index in [4.69, 9.17) is 10.5 Å². The number of allylic oxidation sites excluding steroid dienone is 1. The van der Waals surface area contributed by atoms with Gasteiger partial charge < -0.3 is 26.2 Å². The van der Waals surface area contributed by atoms with Gasteiger partial charge in [0.2, 0.25) is 0 Å². The number of hydrogen-bond acceptors (Lipinski definition) is 6. The predicted octanol–water partition coefficient (Wildman–Crippen LogP) is 0.527. The van der Waals surface area contributed by atoms with Crippen molar-refractivity contribution in [3.05, 3.63) is 35.4 Å². The summed E-state index contributed by atoms with van der Waals surface area (Å²) in [6.45, 7) is 2.19. The SMILES string of the molecule is CN=C(NC(C)NC1=C(OC)C2CNC(O)C2C=C1)/C(=C\N)C(F)(F)F. The molecule has 0 aromatic heterocycles. The number of nitrogens with two attached hydrogens (primary N) is 1. The number of fused-ring (bicyclic) bond motifs is 1. The Morgan fingerprint density at radius 3 is 2.77 bits per heavy atom. The lowest BCUT2D eigenvalue weighted by atomic mass is 9.87. The number of aliphatic hydroxyl groups excluding tert-OH is 1. The van der Waals surface area contributed by atoms with Crippen molar-refractivity contribution in [3.8, 4) is 0 Å². The fourth-order valence-corrected chi connectivity index (χ4v) is 3.16. The van der Waals surface area contributed by atoms with Gasteiger partial charge in [0.05, 0.1) is 19.0 Å². The number of alkyl halides is 3. The Hall–Kier alpha value is -2.20. The molecule has 0 aromatic rings. The third-order valence-corrected chi connectivity index (χ3v) is 4.36. The number of rotatable bonds is 5. The van der Waals surface area contributed by atoms with E-state index in [-0.39, 0.29) is 17.7 Å². The molecule has 1 aliphatic carbocycles. The Morgan fingerprint density at radius 2 is 2.23 bits per heavy atom. The van der Waals surface area contributed by atoms with Crippen LogP contribution in [0, 0.1) is 11.8 Å². The number of ether oxygens (including phenoxy) is 1. The van der Waals surface area contributed by atoms with Crippen LogP contribution in [0.5, 0.6) is 0 Å². The van der Waals surface area contributed by atoms with Crippen LogP contribution in [0.3, 0.4) is 0 Å². The van der Waals surface area contributed by atoms with Crippen LogP contribution in [0.2, 0.25) is 0 Å². The van der Waals surface area contributed by atoms with Gasteiger partial charge in [0.1, 0.15) is 23.4 Å². The van der Waals surface area contributed by atoms with Gasteiger partial charge in [-0.15, -0.1) is 0 Å². The number of nitrogens with zero attached hydrogens (tertiary/aromatic N) is 1. The van der Waals surface area contributed by atoms with Gasteiger partial charge in [-0.25, -0.2) is 0 Å². The van der Waals surface area contributed by atoms with Gasteiger partial charge in [-0.05, 0) is 13.0 Å².